The molecular formula is C18H25NO. The summed E-state index contributed by atoms with van der Waals surface area (Å²) in [5.74, 6) is 0.266. The first kappa shape index (κ1) is 13.7. The first-order valence-electron chi connectivity index (χ1n) is 8.11. The van der Waals surface area contributed by atoms with E-state index in [4.69, 9.17) is 0 Å². The first-order valence-corrected chi connectivity index (χ1v) is 8.11. The van der Waals surface area contributed by atoms with Crippen LogP contribution >= 0.6 is 0 Å². The van der Waals surface area contributed by atoms with Gasteiger partial charge in [-0.3, -0.25) is 4.79 Å². The Hall–Kier alpha value is -1.31. The maximum Gasteiger partial charge on any atom is 0.164 e. The lowest BCUT2D eigenvalue weighted by Gasteiger charge is -2.41. The van der Waals surface area contributed by atoms with Crippen LogP contribution in [0.25, 0.3) is 0 Å². The number of ketones is 1. The number of para-hydroxylation sites is 1. The quantitative estimate of drug-likeness (QED) is 0.757. The van der Waals surface area contributed by atoms with E-state index < -0.39 is 0 Å². The molecule has 1 aliphatic heterocycles. The van der Waals surface area contributed by atoms with Crippen LogP contribution in [0.3, 0.4) is 0 Å². The fraction of sp³-hybridized carbons (Fsp3) is 0.611. The highest BCUT2D eigenvalue weighted by Crippen LogP contribution is 2.46. The molecule has 1 heterocycles. The Kier molecular flexibility index (Phi) is 3.82. The van der Waals surface area contributed by atoms with Gasteiger partial charge >= 0.3 is 0 Å². The van der Waals surface area contributed by atoms with E-state index >= 15 is 0 Å². The molecule has 2 fully saturated rings. The van der Waals surface area contributed by atoms with Crippen LogP contribution in [0.1, 0.15) is 62.2 Å². The number of piperidine rings is 1. The Labute approximate surface area is 122 Å². The van der Waals surface area contributed by atoms with E-state index in [1.54, 1.807) is 0 Å². The fourth-order valence-electron chi connectivity index (χ4n) is 4.02. The zero-order valence-electron chi connectivity index (χ0n) is 12.5. The lowest BCUT2D eigenvalue weighted by molar-refractivity contribution is 0.0988. The predicted molar refractivity (Wildman–Crippen MR) is 83.4 cm³/mol. The number of rotatable bonds is 3. The van der Waals surface area contributed by atoms with Crippen molar-refractivity contribution in [2.45, 2.75) is 51.9 Å². The van der Waals surface area contributed by atoms with Crippen molar-refractivity contribution in [3.63, 3.8) is 0 Å². The van der Waals surface area contributed by atoms with Gasteiger partial charge in [0.1, 0.15) is 0 Å². The van der Waals surface area contributed by atoms with Crippen LogP contribution in [-0.2, 0) is 0 Å². The summed E-state index contributed by atoms with van der Waals surface area (Å²) in [5.41, 5.74) is 2.71. The summed E-state index contributed by atoms with van der Waals surface area (Å²) in [6.45, 7) is 4.19. The normalized spacial score (nSPS) is 21.4. The molecule has 0 N–H and O–H groups in total. The average Bonchev–Trinajstić information content (AvgIpc) is 2.95. The highest BCUT2D eigenvalue weighted by atomic mass is 16.1. The molecule has 2 nitrogen and oxygen atoms in total. The number of benzene rings is 1. The Morgan fingerprint density at radius 3 is 2.40 bits per heavy atom. The van der Waals surface area contributed by atoms with E-state index in [9.17, 15) is 4.79 Å². The molecule has 1 aromatic rings. The van der Waals surface area contributed by atoms with Crippen molar-refractivity contribution in [3.05, 3.63) is 29.8 Å². The summed E-state index contributed by atoms with van der Waals surface area (Å²) in [7, 11) is 0. The third kappa shape index (κ3) is 2.48. The van der Waals surface area contributed by atoms with E-state index in [0.717, 1.165) is 24.3 Å². The second-order valence-corrected chi connectivity index (χ2v) is 6.49. The van der Waals surface area contributed by atoms with Crippen LogP contribution < -0.4 is 4.90 Å². The molecule has 3 rings (SSSR count). The fourth-order valence-corrected chi connectivity index (χ4v) is 4.02. The molecule has 0 radical (unpaired) electrons. The third-order valence-electron chi connectivity index (χ3n) is 5.35. The van der Waals surface area contributed by atoms with Crippen LogP contribution in [-0.4, -0.2) is 18.9 Å². The van der Waals surface area contributed by atoms with Gasteiger partial charge in [-0.05, 0) is 43.2 Å². The summed E-state index contributed by atoms with van der Waals surface area (Å²) in [6.07, 6.45) is 8.90. The van der Waals surface area contributed by atoms with Crippen LogP contribution in [0, 0.1) is 5.41 Å². The highest BCUT2D eigenvalue weighted by Gasteiger charge is 2.37. The molecule has 108 valence electrons. The van der Waals surface area contributed by atoms with E-state index in [2.05, 4.69) is 17.0 Å². The standard InChI is InChI=1S/C18H25NO/c1-2-17(20)15-7-3-4-8-16(15)19-13-11-18(12-14-19)9-5-6-10-18/h3-4,7-8H,2,5-6,9-14H2,1H3. The summed E-state index contributed by atoms with van der Waals surface area (Å²) in [5, 5.41) is 0. The smallest absolute Gasteiger partial charge is 0.164 e. The van der Waals surface area contributed by atoms with Gasteiger partial charge in [0.05, 0.1) is 0 Å². The van der Waals surface area contributed by atoms with E-state index in [1.165, 1.54) is 38.5 Å². The lowest BCUT2D eigenvalue weighted by atomic mass is 9.77. The van der Waals surface area contributed by atoms with Crippen LogP contribution in [0.15, 0.2) is 24.3 Å². The number of Topliss-reactive ketones (excluding diaryl/α,β-unsaturated/α-hetero) is 1. The number of carbonyl (C=O) groups excluding carboxylic acids is 1. The van der Waals surface area contributed by atoms with Crippen LogP contribution in [0.5, 0.6) is 0 Å². The summed E-state index contributed by atoms with van der Waals surface area (Å²) in [6, 6.07) is 8.15. The van der Waals surface area contributed by atoms with E-state index in [-0.39, 0.29) is 5.78 Å². The van der Waals surface area contributed by atoms with Crippen molar-refractivity contribution >= 4 is 11.5 Å². The van der Waals surface area contributed by atoms with Gasteiger partial charge < -0.3 is 4.90 Å². The average molecular weight is 271 g/mol. The van der Waals surface area contributed by atoms with E-state index in [1.807, 2.05) is 19.1 Å². The third-order valence-corrected chi connectivity index (χ3v) is 5.35. The molecule has 0 unspecified atom stereocenters. The van der Waals surface area contributed by atoms with Gasteiger partial charge in [-0.2, -0.15) is 0 Å². The maximum absolute atomic E-state index is 12.1. The molecule has 2 heteroatoms. The Morgan fingerprint density at radius 2 is 1.75 bits per heavy atom. The van der Waals surface area contributed by atoms with Crippen LogP contribution in [0.2, 0.25) is 0 Å². The summed E-state index contributed by atoms with van der Waals surface area (Å²) < 4.78 is 0. The monoisotopic (exact) mass is 271 g/mol. The minimum Gasteiger partial charge on any atom is -0.371 e. The molecule has 2 aliphatic rings. The highest BCUT2D eigenvalue weighted by molar-refractivity contribution is 6.01. The molecular weight excluding hydrogens is 246 g/mol. The molecule has 0 atom stereocenters. The summed E-state index contributed by atoms with van der Waals surface area (Å²) >= 11 is 0. The van der Waals surface area contributed by atoms with Gasteiger partial charge in [-0.25, -0.2) is 0 Å². The molecule has 1 aliphatic carbocycles. The topological polar surface area (TPSA) is 20.3 Å². The van der Waals surface area contributed by atoms with Crippen molar-refractivity contribution in [1.82, 2.24) is 0 Å². The van der Waals surface area contributed by atoms with Crippen molar-refractivity contribution in [3.8, 4) is 0 Å². The molecule has 20 heavy (non-hydrogen) atoms. The van der Waals surface area contributed by atoms with Crippen molar-refractivity contribution in [2.24, 2.45) is 5.41 Å². The number of anilines is 1. The van der Waals surface area contributed by atoms with Gasteiger partial charge in [-0.1, -0.05) is 31.9 Å². The van der Waals surface area contributed by atoms with Gasteiger partial charge in [0.2, 0.25) is 0 Å². The van der Waals surface area contributed by atoms with Crippen LogP contribution in [0.4, 0.5) is 5.69 Å². The Balaban J connectivity index is 1.76. The molecule has 1 saturated heterocycles. The second kappa shape index (κ2) is 5.59. The van der Waals surface area contributed by atoms with Crippen molar-refractivity contribution in [2.75, 3.05) is 18.0 Å². The second-order valence-electron chi connectivity index (χ2n) is 6.49. The van der Waals surface area contributed by atoms with E-state index in [0.29, 0.717) is 11.8 Å². The summed E-state index contributed by atoms with van der Waals surface area (Å²) in [4.78, 5) is 14.5. The predicted octanol–water partition coefficient (Wildman–Crippen LogP) is 4.44. The number of hydrogen-bond donors (Lipinski definition) is 0. The first-order chi connectivity index (χ1) is 9.74. The number of carbonyl (C=O) groups is 1. The molecule has 0 aromatic heterocycles. The molecule has 1 spiro atoms. The number of nitrogens with zero attached hydrogens (tertiary/aromatic N) is 1. The van der Waals surface area contributed by atoms with Crippen molar-refractivity contribution in [1.29, 1.82) is 0 Å². The van der Waals surface area contributed by atoms with Gasteiger partial charge in [0.15, 0.2) is 5.78 Å². The maximum atomic E-state index is 12.1. The Morgan fingerprint density at radius 1 is 1.10 bits per heavy atom. The minimum atomic E-state index is 0.266. The SMILES string of the molecule is CCC(=O)c1ccccc1N1CCC2(CCCC2)CC1. The molecule has 1 saturated carbocycles. The van der Waals surface area contributed by atoms with Gasteiger partial charge in [0, 0.05) is 30.8 Å². The molecule has 1 aromatic carbocycles. The van der Waals surface area contributed by atoms with Gasteiger partial charge in [-0.15, -0.1) is 0 Å². The van der Waals surface area contributed by atoms with Crippen molar-refractivity contribution < 1.29 is 4.79 Å². The largest absolute Gasteiger partial charge is 0.371 e. The van der Waals surface area contributed by atoms with Gasteiger partial charge in [0.25, 0.3) is 0 Å². The number of hydrogen-bond acceptors (Lipinski definition) is 2. The Bertz CT molecular complexity index is 478. The minimum absolute atomic E-state index is 0.266. The zero-order chi connectivity index (χ0) is 14.0. The molecule has 0 amide bonds. The zero-order valence-corrected chi connectivity index (χ0v) is 12.5. The molecule has 0 bridgehead atoms. The lowest BCUT2D eigenvalue weighted by Crippen LogP contribution is -2.39.